The third-order valence-electron chi connectivity index (χ3n) is 1.18. The molecule has 0 fully saturated rings. The summed E-state index contributed by atoms with van der Waals surface area (Å²) in [4.78, 5) is 21.2. The molecule has 0 atom stereocenters. The summed E-state index contributed by atoms with van der Waals surface area (Å²) in [5.41, 5.74) is 0.201. The van der Waals surface area contributed by atoms with Crippen LogP contribution in [-0.4, -0.2) is 37.6 Å². The van der Waals surface area contributed by atoms with Crippen molar-refractivity contribution >= 4 is 11.9 Å². The Morgan fingerprint density at radius 3 is 2.33 bits per heavy atom. The molecule has 0 aliphatic carbocycles. The van der Waals surface area contributed by atoms with Crippen LogP contribution in [0.1, 0.15) is 0 Å². The van der Waals surface area contributed by atoms with Crippen LogP contribution < -0.4 is 10.6 Å². The SMILES string of the molecule is CNCC(=CC(=O)O)C(=O)NC. The second-order valence-electron chi connectivity index (χ2n) is 2.12. The van der Waals surface area contributed by atoms with Gasteiger partial charge in [0, 0.05) is 25.2 Å². The Hall–Kier alpha value is -1.36. The van der Waals surface area contributed by atoms with Gasteiger partial charge in [0.05, 0.1) is 0 Å². The van der Waals surface area contributed by atoms with Gasteiger partial charge in [-0.1, -0.05) is 0 Å². The Bertz CT molecular complexity index is 211. The van der Waals surface area contributed by atoms with Crippen LogP contribution in [0.5, 0.6) is 0 Å². The normalized spacial score (nSPS) is 11.0. The Balaban J connectivity index is 4.42. The Morgan fingerprint density at radius 2 is 2.00 bits per heavy atom. The van der Waals surface area contributed by atoms with E-state index in [1.165, 1.54) is 7.05 Å². The summed E-state index contributed by atoms with van der Waals surface area (Å²) in [6, 6.07) is 0. The van der Waals surface area contributed by atoms with Gasteiger partial charge in [0.1, 0.15) is 0 Å². The van der Waals surface area contributed by atoms with Gasteiger partial charge < -0.3 is 15.7 Å². The molecule has 0 rings (SSSR count). The lowest BCUT2D eigenvalue weighted by molar-refractivity contribution is -0.131. The van der Waals surface area contributed by atoms with Crippen LogP contribution in [0.4, 0.5) is 0 Å². The lowest BCUT2D eigenvalue weighted by atomic mass is 10.2. The molecule has 0 saturated carbocycles. The zero-order valence-corrected chi connectivity index (χ0v) is 7.05. The summed E-state index contributed by atoms with van der Waals surface area (Å²) >= 11 is 0. The third kappa shape index (κ3) is 3.72. The van der Waals surface area contributed by atoms with Crippen molar-refractivity contribution in [2.45, 2.75) is 0 Å². The molecule has 68 valence electrons. The van der Waals surface area contributed by atoms with Crippen LogP contribution in [0, 0.1) is 0 Å². The predicted molar refractivity (Wildman–Crippen MR) is 43.7 cm³/mol. The number of carboxylic acids is 1. The molecule has 0 bridgehead atoms. The summed E-state index contributed by atoms with van der Waals surface area (Å²) < 4.78 is 0. The van der Waals surface area contributed by atoms with E-state index in [2.05, 4.69) is 10.6 Å². The topological polar surface area (TPSA) is 78.4 Å². The molecule has 0 aromatic rings. The van der Waals surface area contributed by atoms with Gasteiger partial charge in [0.2, 0.25) is 5.91 Å². The molecule has 0 aliphatic rings. The van der Waals surface area contributed by atoms with E-state index in [9.17, 15) is 9.59 Å². The van der Waals surface area contributed by atoms with E-state index in [0.717, 1.165) is 6.08 Å². The first-order valence-corrected chi connectivity index (χ1v) is 3.42. The molecular weight excluding hydrogens is 160 g/mol. The Morgan fingerprint density at radius 1 is 1.42 bits per heavy atom. The van der Waals surface area contributed by atoms with Gasteiger partial charge in [-0.05, 0) is 7.05 Å². The zero-order chi connectivity index (χ0) is 9.56. The first-order chi connectivity index (χ1) is 5.61. The highest BCUT2D eigenvalue weighted by Crippen LogP contribution is 1.91. The van der Waals surface area contributed by atoms with Gasteiger partial charge in [0.25, 0.3) is 0 Å². The second-order valence-corrected chi connectivity index (χ2v) is 2.12. The number of carboxylic acid groups (broad SMARTS) is 1. The highest BCUT2D eigenvalue weighted by Gasteiger charge is 2.07. The highest BCUT2D eigenvalue weighted by molar-refractivity contribution is 5.99. The van der Waals surface area contributed by atoms with Crippen molar-refractivity contribution in [3.05, 3.63) is 11.6 Å². The van der Waals surface area contributed by atoms with Crippen LogP contribution in [0.25, 0.3) is 0 Å². The molecule has 0 saturated heterocycles. The minimum Gasteiger partial charge on any atom is -0.478 e. The predicted octanol–water partition coefficient (Wildman–Crippen LogP) is -1.04. The van der Waals surface area contributed by atoms with Crippen LogP contribution in [0.2, 0.25) is 0 Å². The molecule has 3 N–H and O–H groups in total. The first kappa shape index (κ1) is 10.6. The van der Waals surface area contributed by atoms with E-state index in [-0.39, 0.29) is 18.0 Å². The quantitative estimate of drug-likeness (QED) is 0.473. The zero-order valence-electron chi connectivity index (χ0n) is 7.05. The fourth-order valence-electron chi connectivity index (χ4n) is 0.697. The van der Waals surface area contributed by atoms with Crippen molar-refractivity contribution in [1.82, 2.24) is 10.6 Å². The van der Waals surface area contributed by atoms with E-state index in [1.54, 1.807) is 7.05 Å². The van der Waals surface area contributed by atoms with Gasteiger partial charge in [-0.3, -0.25) is 4.79 Å². The van der Waals surface area contributed by atoms with Crippen molar-refractivity contribution < 1.29 is 14.7 Å². The Kier molecular flexibility index (Phi) is 4.71. The van der Waals surface area contributed by atoms with Gasteiger partial charge >= 0.3 is 5.97 Å². The molecule has 5 nitrogen and oxygen atoms in total. The van der Waals surface area contributed by atoms with Crippen molar-refractivity contribution in [3.8, 4) is 0 Å². The molecule has 12 heavy (non-hydrogen) atoms. The minimum absolute atomic E-state index is 0.201. The average Bonchev–Trinajstić information content (AvgIpc) is 2.01. The van der Waals surface area contributed by atoms with Gasteiger partial charge in [0.15, 0.2) is 0 Å². The molecule has 0 spiro atoms. The number of carbonyl (C=O) groups excluding carboxylic acids is 1. The molecule has 0 aliphatic heterocycles. The molecular formula is C7H12N2O3. The maximum Gasteiger partial charge on any atom is 0.328 e. The smallest absolute Gasteiger partial charge is 0.328 e. The maximum atomic E-state index is 11.0. The van der Waals surface area contributed by atoms with Gasteiger partial charge in [-0.15, -0.1) is 0 Å². The maximum absolute atomic E-state index is 11.0. The summed E-state index contributed by atoms with van der Waals surface area (Å²) in [5.74, 6) is -1.50. The number of nitrogens with one attached hydrogen (secondary N) is 2. The summed E-state index contributed by atoms with van der Waals surface area (Å²) in [5, 5.41) is 13.4. The van der Waals surface area contributed by atoms with E-state index >= 15 is 0 Å². The van der Waals surface area contributed by atoms with E-state index in [0.29, 0.717) is 0 Å². The molecule has 0 unspecified atom stereocenters. The molecule has 0 radical (unpaired) electrons. The average molecular weight is 172 g/mol. The first-order valence-electron chi connectivity index (χ1n) is 3.42. The minimum atomic E-state index is -1.12. The summed E-state index contributed by atoms with van der Waals surface area (Å²) in [6.45, 7) is 0.242. The summed E-state index contributed by atoms with van der Waals surface area (Å²) in [7, 11) is 3.09. The molecule has 0 aromatic carbocycles. The van der Waals surface area contributed by atoms with Gasteiger partial charge in [-0.2, -0.15) is 0 Å². The highest BCUT2D eigenvalue weighted by atomic mass is 16.4. The van der Waals surface area contributed by atoms with E-state index in [4.69, 9.17) is 5.11 Å². The number of hydrogen-bond donors (Lipinski definition) is 3. The standard InChI is InChI=1S/C7H12N2O3/c1-8-4-5(3-6(10)11)7(12)9-2/h3,8H,4H2,1-2H3,(H,9,12)(H,10,11). The van der Waals surface area contributed by atoms with Crippen molar-refractivity contribution in [2.24, 2.45) is 0 Å². The monoisotopic (exact) mass is 172 g/mol. The number of carbonyl (C=O) groups is 2. The molecule has 5 heteroatoms. The van der Waals surface area contributed by atoms with Crippen LogP contribution in [0.3, 0.4) is 0 Å². The fraction of sp³-hybridized carbons (Fsp3) is 0.429. The van der Waals surface area contributed by atoms with Crippen LogP contribution in [0.15, 0.2) is 11.6 Å². The molecule has 0 aromatic heterocycles. The third-order valence-corrected chi connectivity index (χ3v) is 1.18. The lowest BCUT2D eigenvalue weighted by Gasteiger charge is -2.02. The van der Waals surface area contributed by atoms with Gasteiger partial charge in [-0.25, -0.2) is 4.79 Å². The lowest BCUT2D eigenvalue weighted by Crippen LogP contribution is -2.26. The van der Waals surface area contributed by atoms with Crippen LogP contribution in [-0.2, 0) is 9.59 Å². The van der Waals surface area contributed by atoms with Crippen molar-refractivity contribution in [3.63, 3.8) is 0 Å². The largest absolute Gasteiger partial charge is 0.478 e. The number of amides is 1. The second kappa shape index (κ2) is 5.31. The van der Waals surface area contributed by atoms with Crippen molar-refractivity contribution in [2.75, 3.05) is 20.6 Å². The van der Waals surface area contributed by atoms with Crippen molar-refractivity contribution in [1.29, 1.82) is 0 Å². The number of rotatable bonds is 4. The van der Waals surface area contributed by atoms with E-state index in [1.807, 2.05) is 0 Å². The van der Waals surface area contributed by atoms with E-state index < -0.39 is 5.97 Å². The number of aliphatic carboxylic acids is 1. The molecule has 1 amide bonds. The molecule has 0 heterocycles. The Labute approximate surface area is 70.5 Å². The fourth-order valence-corrected chi connectivity index (χ4v) is 0.697. The van der Waals surface area contributed by atoms with Crippen LogP contribution >= 0.6 is 0 Å². The number of hydrogen-bond acceptors (Lipinski definition) is 3. The summed E-state index contributed by atoms with van der Waals surface area (Å²) in [6.07, 6.45) is 0.884. The number of likely N-dealkylation sites (N-methyl/N-ethyl adjacent to an activating group) is 2.